The minimum Gasteiger partial charge on any atom is -0.368 e. The normalized spacial score (nSPS) is 23.2. The molecule has 2 saturated heterocycles. The highest BCUT2D eigenvalue weighted by Crippen LogP contribution is 2.28. The summed E-state index contributed by atoms with van der Waals surface area (Å²) in [4.78, 5) is 24.7. The van der Waals surface area contributed by atoms with Crippen LogP contribution in [0.15, 0.2) is 12.1 Å². The first-order valence-electron chi connectivity index (χ1n) is 8.51. The van der Waals surface area contributed by atoms with Gasteiger partial charge in [0.05, 0.1) is 11.4 Å². The average molecular weight is 332 g/mol. The molecule has 0 radical (unpaired) electrons. The van der Waals surface area contributed by atoms with Crippen LogP contribution in [0.4, 0.5) is 11.4 Å². The van der Waals surface area contributed by atoms with E-state index in [1.807, 2.05) is 26.0 Å². The van der Waals surface area contributed by atoms with E-state index in [0.717, 1.165) is 36.8 Å². The lowest BCUT2D eigenvalue weighted by Crippen LogP contribution is -2.29. The van der Waals surface area contributed by atoms with Gasteiger partial charge >= 0.3 is 0 Å². The molecule has 130 valence electrons. The molecule has 2 aliphatic heterocycles. The van der Waals surface area contributed by atoms with Gasteiger partial charge in [0.25, 0.3) is 11.8 Å². The molecule has 2 heterocycles. The first kappa shape index (κ1) is 16.9. The first-order valence-corrected chi connectivity index (χ1v) is 8.51. The molecule has 2 fully saturated rings. The summed E-state index contributed by atoms with van der Waals surface area (Å²) in [6.45, 7) is 5.19. The van der Waals surface area contributed by atoms with Crippen molar-refractivity contribution in [3.63, 3.8) is 0 Å². The fraction of sp³-hybridized carbons (Fsp3) is 0.556. The largest absolute Gasteiger partial charge is 0.368 e. The molecule has 1 aromatic carbocycles. The molecule has 24 heavy (non-hydrogen) atoms. The lowest BCUT2D eigenvalue weighted by Gasteiger charge is -2.18. The van der Waals surface area contributed by atoms with Gasteiger partial charge in [-0.15, -0.1) is 0 Å². The SMILES string of the molecule is Cc1cc(NC(=O)[C@@H]2CCCO2)c(NC(=O)[C@@H]2CCCO2)cc1C. The summed E-state index contributed by atoms with van der Waals surface area (Å²) in [5.41, 5.74) is 3.30. The van der Waals surface area contributed by atoms with Crippen molar-refractivity contribution in [3.05, 3.63) is 23.3 Å². The molecule has 2 aliphatic rings. The van der Waals surface area contributed by atoms with Gasteiger partial charge in [-0.3, -0.25) is 9.59 Å². The van der Waals surface area contributed by atoms with Crippen molar-refractivity contribution in [2.24, 2.45) is 0 Å². The van der Waals surface area contributed by atoms with Gasteiger partial charge in [-0.2, -0.15) is 0 Å². The van der Waals surface area contributed by atoms with Crippen LogP contribution < -0.4 is 10.6 Å². The number of nitrogens with one attached hydrogen (secondary N) is 2. The summed E-state index contributed by atoms with van der Waals surface area (Å²) >= 11 is 0. The Morgan fingerprint density at radius 1 is 0.875 bits per heavy atom. The Labute approximate surface area is 141 Å². The van der Waals surface area contributed by atoms with Gasteiger partial charge in [-0.25, -0.2) is 0 Å². The zero-order valence-electron chi connectivity index (χ0n) is 14.2. The molecule has 1 aromatic rings. The van der Waals surface area contributed by atoms with Crippen LogP contribution in [0.2, 0.25) is 0 Å². The summed E-state index contributed by atoms with van der Waals surface area (Å²) in [7, 11) is 0. The Kier molecular flexibility index (Phi) is 5.16. The van der Waals surface area contributed by atoms with Gasteiger partial charge in [-0.05, 0) is 62.8 Å². The topological polar surface area (TPSA) is 76.7 Å². The third-order valence-electron chi connectivity index (χ3n) is 4.59. The van der Waals surface area contributed by atoms with Crippen molar-refractivity contribution in [1.82, 2.24) is 0 Å². The lowest BCUT2D eigenvalue weighted by atomic mass is 10.1. The van der Waals surface area contributed by atoms with Gasteiger partial charge in [0.15, 0.2) is 0 Å². The molecule has 0 saturated carbocycles. The maximum atomic E-state index is 12.3. The third kappa shape index (κ3) is 3.76. The lowest BCUT2D eigenvalue weighted by molar-refractivity contribution is -0.125. The van der Waals surface area contributed by atoms with E-state index in [9.17, 15) is 9.59 Å². The molecular formula is C18H24N2O4. The van der Waals surface area contributed by atoms with Crippen LogP contribution in [0.5, 0.6) is 0 Å². The summed E-state index contributed by atoms with van der Waals surface area (Å²) < 4.78 is 10.8. The number of carbonyl (C=O) groups excluding carboxylic acids is 2. The van der Waals surface area contributed by atoms with Gasteiger partial charge in [-0.1, -0.05) is 0 Å². The maximum absolute atomic E-state index is 12.3. The number of amides is 2. The van der Waals surface area contributed by atoms with Crippen LogP contribution in [-0.4, -0.2) is 37.2 Å². The van der Waals surface area contributed by atoms with Crippen molar-refractivity contribution in [2.75, 3.05) is 23.8 Å². The molecule has 0 spiro atoms. The van der Waals surface area contributed by atoms with Crippen LogP contribution in [0.1, 0.15) is 36.8 Å². The number of benzene rings is 1. The summed E-state index contributed by atoms with van der Waals surface area (Å²) in [5, 5.41) is 5.79. The zero-order chi connectivity index (χ0) is 17.1. The predicted molar refractivity (Wildman–Crippen MR) is 91.1 cm³/mol. The molecule has 6 heteroatoms. The predicted octanol–water partition coefficient (Wildman–Crippen LogP) is 2.54. The van der Waals surface area contributed by atoms with Crippen LogP contribution in [0, 0.1) is 13.8 Å². The van der Waals surface area contributed by atoms with Crippen molar-refractivity contribution < 1.29 is 19.1 Å². The minimum atomic E-state index is -0.409. The molecule has 0 bridgehead atoms. The van der Waals surface area contributed by atoms with Crippen LogP contribution in [0.3, 0.4) is 0 Å². The zero-order valence-corrected chi connectivity index (χ0v) is 14.2. The van der Waals surface area contributed by atoms with Crippen molar-refractivity contribution in [1.29, 1.82) is 0 Å². The van der Waals surface area contributed by atoms with Crippen molar-refractivity contribution in [3.8, 4) is 0 Å². The Morgan fingerprint density at radius 3 is 1.62 bits per heavy atom. The summed E-state index contributed by atoms with van der Waals surface area (Å²) in [6, 6.07) is 3.76. The number of hydrogen-bond donors (Lipinski definition) is 2. The molecule has 6 nitrogen and oxygen atoms in total. The molecule has 0 unspecified atom stereocenters. The second kappa shape index (κ2) is 7.32. The number of aryl methyl sites for hydroxylation is 2. The fourth-order valence-corrected chi connectivity index (χ4v) is 3.02. The maximum Gasteiger partial charge on any atom is 0.253 e. The molecule has 2 amide bonds. The van der Waals surface area contributed by atoms with Crippen molar-refractivity contribution in [2.45, 2.75) is 51.7 Å². The Morgan fingerprint density at radius 2 is 1.29 bits per heavy atom. The Bertz CT molecular complexity index is 577. The van der Waals surface area contributed by atoms with Gasteiger partial charge in [0.2, 0.25) is 0 Å². The van der Waals surface area contributed by atoms with Crippen molar-refractivity contribution >= 4 is 23.2 Å². The highest BCUT2D eigenvalue weighted by atomic mass is 16.5. The standard InChI is InChI=1S/C18H24N2O4/c1-11-9-13(19-17(21)15-5-3-7-23-15)14(10-12(11)2)20-18(22)16-6-4-8-24-16/h9-10,15-16H,3-8H2,1-2H3,(H,19,21)(H,20,22)/t15-,16-/m0/s1. The Hall–Kier alpha value is -1.92. The number of carbonyl (C=O) groups is 2. The van der Waals surface area contributed by atoms with Crippen LogP contribution in [0.25, 0.3) is 0 Å². The number of anilines is 2. The molecule has 0 aromatic heterocycles. The first-order chi connectivity index (χ1) is 11.5. The number of hydrogen-bond acceptors (Lipinski definition) is 4. The number of rotatable bonds is 4. The fourth-order valence-electron chi connectivity index (χ4n) is 3.02. The van der Waals surface area contributed by atoms with E-state index in [1.165, 1.54) is 0 Å². The highest BCUT2D eigenvalue weighted by molar-refractivity contribution is 6.02. The van der Waals surface area contributed by atoms with E-state index in [2.05, 4.69) is 10.6 Å². The van der Waals surface area contributed by atoms with Gasteiger partial charge in [0, 0.05) is 13.2 Å². The van der Waals surface area contributed by atoms with E-state index in [1.54, 1.807) is 0 Å². The van der Waals surface area contributed by atoms with E-state index in [-0.39, 0.29) is 11.8 Å². The van der Waals surface area contributed by atoms with Gasteiger partial charge in [0.1, 0.15) is 12.2 Å². The highest BCUT2D eigenvalue weighted by Gasteiger charge is 2.26. The smallest absolute Gasteiger partial charge is 0.253 e. The van der Waals surface area contributed by atoms with Gasteiger partial charge < -0.3 is 20.1 Å². The van der Waals surface area contributed by atoms with E-state index in [4.69, 9.17) is 9.47 Å². The molecule has 2 N–H and O–H groups in total. The van der Waals surface area contributed by atoms with E-state index < -0.39 is 12.2 Å². The molecule has 2 atom stereocenters. The van der Waals surface area contributed by atoms with E-state index in [0.29, 0.717) is 24.6 Å². The van der Waals surface area contributed by atoms with Crippen LogP contribution >= 0.6 is 0 Å². The summed E-state index contributed by atoms with van der Waals surface area (Å²) in [5.74, 6) is -0.327. The Balaban J connectivity index is 1.77. The second-order valence-electron chi connectivity index (χ2n) is 6.46. The third-order valence-corrected chi connectivity index (χ3v) is 4.59. The molecule has 0 aliphatic carbocycles. The van der Waals surface area contributed by atoms with Crippen LogP contribution in [-0.2, 0) is 19.1 Å². The molecular weight excluding hydrogens is 308 g/mol. The minimum absolute atomic E-state index is 0.164. The number of ether oxygens (including phenoxy) is 2. The quantitative estimate of drug-likeness (QED) is 0.888. The average Bonchev–Trinajstić information content (AvgIpc) is 3.24. The summed E-state index contributed by atoms with van der Waals surface area (Å²) in [6.07, 6.45) is 2.44. The van der Waals surface area contributed by atoms with E-state index >= 15 is 0 Å². The monoisotopic (exact) mass is 332 g/mol. The molecule has 3 rings (SSSR count). The second-order valence-corrected chi connectivity index (χ2v) is 6.46.